The van der Waals surface area contributed by atoms with Crippen LogP contribution in [0.15, 0.2) is 0 Å². The van der Waals surface area contributed by atoms with Gasteiger partial charge in [0.2, 0.25) is 0 Å². The van der Waals surface area contributed by atoms with Gasteiger partial charge in [-0.15, -0.1) is 0 Å². The SMILES string of the molecule is COC(=O)C[C@@H]1CNCC[C@H]1C. The normalized spacial score (nSPS) is 29.8. The molecule has 0 aromatic rings. The number of piperidine rings is 1. The quantitative estimate of drug-likeness (QED) is 0.624. The third kappa shape index (κ3) is 2.48. The van der Waals surface area contributed by atoms with Crippen molar-refractivity contribution in [3.05, 3.63) is 0 Å². The van der Waals surface area contributed by atoms with Crippen LogP contribution in [0.2, 0.25) is 0 Å². The highest BCUT2D eigenvalue weighted by Gasteiger charge is 2.23. The van der Waals surface area contributed by atoms with Crippen molar-refractivity contribution in [2.75, 3.05) is 20.2 Å². The fraction of sp³-hybridized carbons (Fsp3) is 0.889. The van der Waals surface area contributed by atoms with Crippen molar-refractivity contribution >= 4 is 5.97 Å². The van der Waals surface area contributed by atoms with E-state index in [1.54, 1.807) is 0 Å². The lowest BCUT2D eigenvalue weighted by Crippen LogP contribution is -2.36. The summed E-state index contributed by atoms with van der Waals surface area (Å²) in [6.45, 7) is 4.24. The molecule has 0 saturated carbocycles. The first kappa shape index (κ1) is 9.52. The van der Waals surface area contributed by atoms with E-state index in [0.29, 0.717) is 18.3 Å². The first-order valence-electron chi connectivity index (χ1n) is 4.51. The van der Waals surface area contributed by atoms with Gasteiger partial charge in [0.25, 0.3) is 0 Å². The summed E-state index contributed by atoms with van der Waals surface area (Å²) in [7, 11) is 1.45. The summed E-state index contributed by atoms with van der Waals surface area (Å²) in [4.78, 5) is 11.0. The number of carbonyl (C=O) groups excluding carboxylic acids is 1. The van der Waals surface area contributed by atoms with E-state index in [4.69, 9.17) is 0 Å². The molecule has 0 amide bonds. The highest BCUT2D eigenvalue weighted by molar-refractivity contribution is 5.69. The second-order valence-corrected chi connectivity index (χ2v) is 3.51. The Hall–Kier alpha value is -0.570. The van der Waals surface area contributed by atoms with E-state index < -0.39 is 0 Å². The van der Waals surface area contributed by atoms with Crippen LogP contribution in [0.4, 0.5) is 0 Å². The standard InChI is InChI=1S/C9H17NO2/c1-7-3-4-10-6-8(7)5-9(11)12-2/h7-8,10H,3-6H2,1-2H3/t7-,8-/m1/s1. The van der Waals surface area contributed by atoms with Crippen molar-refractivity contribution in [1.82, 2.24) is 5.32 Å². The van der Waals surface area contributed by atoms with E-state index in [-0.39, 0.29) is 5.97 Å². The molecule has 3 heteroatoms. The van der Waals surface area contributed by atoms with Gasteiger partial charge in [0.15, 0.2) is 0 Å². The summed E-state index contributed by atoms with van der Waals surface area (Å²) in [5.41, 5.74) is 0. The van der Waals surface area contributed by atoms with Crippen LogP contribution in [-0.4, -0.2) is 26.2 Å². The monoisotopic (exact) mass is 171 g/mol. The predicted octanol–water partition coefficient (Wildman–Crippen LogP) is 0.795. The fourth-order valence-electron chi connectivity index (χ4n) is 1.62. The first-order valence-corrected chi connectivity index (χ1v) is 4.51. The Bertz CT molecular complexity index is 159. The van der Waals surface area contributed by atoms with E-state index in [1.165, 1.54) is 13.5 Å². The molecule has 1 fully saturated rings. The molecule has 2 atom stereocenters. The van der Waals surface area contributed by atoms with Gasteiger partial charge in [-0.1, -0.05) is 6.92 Å². The summed E-state index contributed by atoms with van der Waals surface area (Å²) in [6, 6.07) is 0. The topological polar surface area (TPSA) is 38.3 Å². The van der Waals surface area contributed by atoms with Crippen molar-refractivity contribution in [3.8, 4) is 0 Å². The van der Waals surface area contributed by atoms with Gasteiger partial charge in [-0.05, 0) is 31.3 Å². The van der Waals surface area contributed by atoms with Crippen LogP contribution in [-0.2, 0) is 9.53 Å². The highest BCUT2D eigenvalue weighted by atomic mass is 16.5. The molecule has 70 valence electrons. The third-order valence-corrected chi connectivity index (χ3v) is 2.64. The zero-order valence-corrected chi connectivity index (χ0v) is 7.80. The zero-order valence-electron chi connectivity index (χ0n) is 7.80. The van der Waals surface area contributed by atoms with E-state index in [9.17, 15) is 4.79 Å². The number of esters is 1. The molecule has 0 aromatic heterocycles. The summed E-state index contributed by atoms with van der Waals surface area (Å²) >= 11 is 0. The molecule has 1 heterocycles. The molecule has 1 saturated heterocycles. The minimum Gasteiger partial charge on any atom is -0.469 e. The van der Waals surface area contributed by atoms with Crippen molar-refractivity contribution < 1.29 is 9.53 Å². The maximum Gasteiger partial charge on any atom is 0.305 e. The Morgan fingerprint density at radius 1 is 1.67 bits per heavy atom. The summed E-state index contributed by atoms with van der Waals surface area (Å²) < 4.78 is 4.63. The number of hydrogen-bond acceptors (Lipinski definition) is 3. The third-order valence-electron chi connectivity index (χ3n) is 2.64. The second kappa shape index (κ2) is 4.45. The Morgan fingerprint density at radius 3 is 3.00 bits per heavy atom. The van der Waals surface area contributed by atoms with Gasteiger partial charge in [0, 0.05) is 6.42 Å². The van der Waals surface area contributed by atoms with Crippen LogP contribution in [0.5, 0.6) is 0 Å². The van der Waals surface area contributed by atoms with Crippen molar-refractivity contribution in [3.63, 3.8) is 0 Å². The van der Waals surface area contributed by atoms with Crippen LogP contribution < -0.4 is 5.32 Å². The predicted molar refractivity (Wildman–Crippen MR) is 46.8 cm³/mol. The molecule has 1 N–H and O–H groups in total. The molecule has 0 spiro atoms. The highest BCUT2D eigenvalue weighted by Crippen LogP contribution is 2.21. The zero-order chi connectivity index (χ0) is 8.97. The maximum atomic E-state index is 11.0. The molecule has 0 aliphatic carbocycles. The smallest absolute Gasteiger partial charge is 0.305 e. The molecular weight excluding hydrogens is 154 g/mol. The van der Waals surface area contributed by atoms with E-state index >= 15 is 0 Å². The number of methoxy groups -OCH3 is 1. The van der Waals surface area contributed by atoms with Crippen LogP contribution in [0.1, 0.15) is 19.8 Å². The number of carbonyl (C=O) groups is 1. The minimum absolute atomic E-state index is 0.0875. The Morgan fingerprint density at radius 2 is 2.42 bits per heavy atom. The number of hydrogen-bond donors (Lipinski definition) is 1. The van der Waals surface area contributed by atoms with Crippen LogP contribution in [0, 0.1) is 11.8 Å². The number of ether oxygens (including phenoxy) is 1. The van der Waals surface area contributed by atoms with E-state index in [0.717, 1.165) is 13.1 Å². The Labute approximate surface area is 73.5 Å². The Kier molecular flexibility index (Phi) is 3.53. The second-order valence-electron chi connectivity index (χ2n) is 3.51. The van der Waals surface area contributed by atoms with Gasteiger partial charge in [-0.25, -0.2) is 0 Å². The van der Waals surface area contributed by atoms with Gasteiger partial charge in [0.05, 0.1) is 7.11 Å². The molecular formula is C9H17NO2. The molecule has 3 nitrogen and oxygen atoms in total. The molecule has 12 heavy (non-hydrogen) atoms. The van der Waals surface area contributed by atoms with Gasteiger partial charge >= 0.3 is 5.97 Å². The Balaban J connectivity index is 2.33. The summed E-state index contributed by atoms with van der Waals surface area (Å²) in [6.07, 6.45) is 1.73. The van der Waals surface area contributed by atoms with Crippen molar-refractivity contribution in [1.29, 1.82) is 0 Å². The average molecular weight is 171 g/mol. The fourth-order valence-corrected chi connectivity index (χ4v) is 1.62. The van der Waals surface area contributed by atoms with Crippen LogP contribution in [0.25, 0.3) is 0 Å². The lowest BCUT2D eigenvalue weighted by molar-refractivity contribution is -0.142. The largest absolute Gasteiger partial charge is 0.469 e. The number of nitrogens with one attached hydrogen (secondary N) is 1. The molecule has 0 bridgehead atoms. The summed E-state index contributed by atoms with van der Waals surface area (Å²) in [5.74, 6) is 1.02. The average Bonchev–Trinajstić information content (AvgIpc) is 2.09. The van der Waals surface area contributed by atoms with Crippen molar-refractivity contribution in [2.45, 2.75) is 19.8 Å². The molecule has 1 aliphatic heterocycles. The first-order chi connectivity index (χ1) is 5.74. The van der Waals surface area contributed by atoms with Gasteiger partial charge in [-0.2, -0.15) is 0 Å². The molecule has 1 rings (SSSR count). The number of rotatable bonds is 2. The van der Waals surface area contributed by atoms with Crippen LogP contribution >= 0.6 is 0 Å². The minimum atomic E-state index is -0.0875. The van der Waals surface area contributed by atoms with Crippen LogP contribution in [0.3, 0.4) is 0 Å². The maximum absolute atomic E-state index is 11.0. The van der Waals surface area contributed by atoms with Crippen molar-refractivity contribution in [2.24, 2.45) is 11.8 Å². The molecule has 0 radical (unpaired) electrons. The molecule has 0 unspecified atom stereocenters. The van der Waals surface area contributed by atoms with E-state index in [2.05, 4.69) is 17.0 Å². The van der Waals surface area contributed by atoms with Gasteiger partial charge in [-0.3, -0.25) is 4.79 Å². The lowest BCUT2D eigenvalue weighted by atomic mass is 9.86. The molecule has 1 aliphatic rings. The lowest BCUT2D eigenvalue weighted by Gasteiger charge is -2.28. The van der Waals surface area contributed by atoms with Gasteiger partial charge in [0.1, 0.15) is 0 Å². The molecule has 0 aromatic carbocycles. The van der Waals surface area contributed by atoms with Gasteiger partial charge < -0.3 is 10.1 Å². The van der Waals surface area contributed by atoms with E-state index in [1.807, 2.05) is 0 Å². The summed E-state index contributed by atoms with van der Waals surface area (Å²) in [5, 5.41) is 3.29.